The van der Waals surface area contributed by atoms with E-state index in [1.807, 2.05) is 59.5 Å². The average Bonchev–Trinajstić information content (AvgIpc) is 3.43. The van der Waals surface area contributed by atoms with Crippen LogP contribution in [0.15, 0.2) is 59.6 Å². The Morgan fingerprint density at radius 3 is 2.12 bits per heavy atom. The van der Waals surface area contributed by atoms with Gasteiger partial charge in [-0.1, -0.05) is 67.4 Å². The van der Waals surface area contributed by atoms with E-state index >= 15 is 0 Å². The number of hydrogen-bond donors (Lipinski definition) is 3. The lowest BCUT2D eigenvalue weighted by molar-refractivity contribution is -0.160. The van der Waals surface area contributed by atoms with Crippen LogP contribution >= 0.6 is 0 Å². The first-order valence-corrected chi connectivity index (χ1v) is 11.8. The van der Waals surface area contributed by atoms with Crippen molar-refractivity contribution in [2.45, 2.75) is 44.4 Å². The molecule has 1 heterocycles. The molecule has 0 radical (unpaired) electrons. The first kappa shape index (κ1) is 23.3. The Kier molecular flexibility index (Phi) is 7.30. The molecule has 1 amide bonds. The SMILES string of the molecule is NC(=NCc1ccc(CO)cc1)N1CCN(C(=O)C(O)(c2ccccc2)C2CCCC2)CC1. The quantitative estimate of drug-likeness (QED) is 0.463. The van der Waals surface area contributed by atoms with Crippen LogP contribution in [-0.4, -0.2) is 58.1 Å². The summed E-state index contributed by atoms with van der Waals surface area (Å²) in [5.41, 5.74) is 7.34. The lowest BCUT2D eigenvalue weighted by atomic mass is 9.79. The summed E-state index contributed by atoms with van der Waals surface area (Å²) >= 11 is 0. The van der Waals surface area contributed by atoms with Crippen LogP contribution in [0.4, 0.5) is 0 Å². The Hall–Kier alpha value is -2.90. The van der Waals surface area contributed by atoms with E-state index in [0.29, 0.717) is 44.2 Å². The van der Waals surface area contributed by atoms with Crippen LogP contribution in [0.5, 0.6) is 0 Å². The number of nitrogens with two attached hydrogens (primary N) is 1. The van der Waals surface area contributed by atoms with Crippen molar-refractivity contribution in [2.75, 3.05) is 26.2 Å². The van der Waals surface area contributed by atoms with Crippen LogP contribution in [0.2, 0.25) is 0 Å². The van der Waals surface area contributed by atoms with Crippen molar-refractivity contribution in [2.24, 2.45) is 16.6 Å². The molecule has 7 nitrogen and oxygen atoms in total. The molecule has 0 aromatic heterocycles. The number of aliphatic hydroxyl groups excluding tert-OH is 1. The number of rotatable bonds is 6. The number of nitrogens with zero attached hydrogens (tertiary/aromatic N) is 3. The number of benzene rings is 2. The number of hydrogen-bond acceptors (Lipinski definition) is 4. The summed E-state index contributed by atoms with van der Waals surface area (Å²) in [6.07, 6.45) is 3.85. The molecule has 1 atom stereocenters. The number of carbonyl (C=O) groups excluding carboxylic acids is 1. The summed E-state index contributed by atoms with van der Waals surface area (Å²) in [5.74, 6) is 0.219. The van der Waals surface area contributed by atoms with Gasteiger partial charge in [0.05, 0.1) is 13.2 Å². The summed E-state index contributed by atoms with van der Waals surface area (Å²) in [5, 5.41) is 20.9. The van der Waals surface area contributed by atoms with Crippen molar-refractivity contribution in [3.05, 3.63) is 71.3 Å². The zero-order valence-corrected chi connectivity index (χ0v) is 19.1. The number of guanidine groups is 1. The van der Waals surface area contributed by atoms with Crippen molar-refractivity contribution in [3.8, 4) is 0 Å². The summed E-state index contributed by atoms with van der Waals surface area (Å²) in [6.45, 7) is 2.66. The summed E-state index contributed by atoms with van der Waals surface area (Å²) < 4.78 is 0. The van der Waals surface area contributed by atoms with E-state index in [2.05, 4.69) is 4.99 Å². The lowest BCUT2D eigenvalue weighted by Crippen LogP contribution is -2.58. The Morgan fingerprint density at radius 1 is 0.939 bits per heavy atom. The Morgan fingerprint density at radius 2 is 1.52 bits per heavy atom. The van der Waals surface area contributed by atoms with Crippen LogP contribution in [0.25, 0.3) is 0 Å². The van der Waals surface area contributed by atoms with Crippen LogP contribution < -0.4 is 5.73 Å². The first-order valence-electron chi connectivity index (χ1n) is 11.8. The third-order valence-electron chi connectivity index (χ3n) is 7.01. The zero-order chi connectivity index (χ0) is 23.3. The molecule has 4 rings (SSSR count). The molecule has 1 aliphatic heterocycles. The van der Waals surface area contributed by atoms with Gasteiger partial charge in [0.25, 0.3) is 5.91 Å². The van der Waals surface area contributed by atoms with Gasteiger partial charge in [-0.25, -0.2) is 4.99 Å². The fourth-order valence-electron chi connectivity index (χ4n) is 4.97. The second-order valence-electron chi connectivity index (χ2n) is 9.04. The molecule has 33 heavy (non-hydrogen) atoms. The molecule has 1 saturated heterocycles. The molecule has 1 saturated carbocycles. The van der Waals surface area contributed by atoms with Gasteiger partial charge in [-0.05, 0) is 29.5 Å². The molecule has 7 heteroatoms. The van der Waals surface area contributed by atoms with E-state index in [-0.39, 0.29) is 18.4 Å². The Labute approximate surface area is 195 Å². The van der Waals surface area contributed by atoms with Gasteiger partial charge in [0.15, 0.2) is 11.6 Å². The fraction of sp³-hybridized carbons (Fsp3) is 0.462. The third-order valence-corrected chi connectivity index (χ3v) is 7.01. The minimum Gasteiger partial charge on any atom is -0.392 e. The summed E-state index contributed by atoms with van der Waals surface area (Å²) in [4.78, 5) is 21.9. The maximum atomic E-state index is 13.6. The largest absolute Gasteiger partial charge is 0.392 e. The second kappa shape index (κ2) is 10.4. The Bertz CT molecular complexity index is 949. The predicted molar refractivity (Wildman–Crippen MR) is 128 cm³/mol. The fourth-order valence-corrected chi connectivity index (χ4v) is 4.97. The highest BCUT2D eigenvalue weighted by atomic mass is 16.3. The number of piperazine rings is 1. The minimum absolute atomic E-state index is 0.0226. The molecule has 1 aliphatic carbocycles. The van der Waals surface area contributed by atoms with Gasteiger partial charge in [-0.2, -0.15) is 0 Å². The molecule has 2 aromatic rings. The molecule has 2 aliphatic rings. The predicted octanol–water partition coefficient (Wildman–Crippen LogP) is 2.22. The number of aliphatic hydroxyl groups is 2. The van der Waals surface area contributed by atoms with Crippen LogP contribution in [0.1, 0.15) is 42.4 Å². The molecular formula is C26H34N4O3. The van der Waals surface area contributed by atoms with Gasteiger partial charge in [-0.3, -0.25) is 4.79 Å². The smallest absolute Gasteiger partial charge is 0.259 e. The topological polar surface area (TPSA) is 102 Å². The molecule has 0 bridgehead atoms. The van der Waals surface area contributed by atoms with E-state index < -0.39 is 5.60 Å². The first-order chi connectivity index (χ1) is 16.0. The highest BCUT2D eigenvalue weighted by molar-refractivity contribution is 5.87. The highest BCUT2D eigenvalue weighted by Crippen LogP contribution is 2.42. The minimum atomic E-state index is -1.47. The second-order valence-corrected chi connectivity index (χ2v) is 9.04. The molecular weight excluding hydrogens is 416 g/mol. The van der Waals surface area contributed by atoms with Crippen molar-refractivity contribution < 1.29 is 15.0 Å². The molecule has 1 unspecified atom stereocenters. The van der Waals surface area contributed by atoms with Crippen molar-refractivity contribution in [1.82, 2.24) is 9.80 Å². The number of carbonyl (C=O) groups is 1. The lowest BCUT2D eigenvalue weighted by Gasteiger charge is -2.41. The molecule has 0 spiro atoms. The molecule has 2 fully saturated rings. The maximum Gasteiger partial charge on any atom is 0.259 e. The van der Waals surface area contributed by atoms with E-state index in [1.54, 1.807) is 4.90 Å². The van der Waals surface area contributed by atoms with E-state index in [4.69, 9.17) is 10.8 Å². The van der Waals surface area contributed by atoms with E-state index in [0.717, 1.165) is 36.8 Å². The maximum absolute atomic E-state index is 13.6. The zero-order valence-electron chi connectivity index (χ0n) is 19.1. The summed E-state index contributed by atoms with van der Waals surface area (Å²) in [6, 6.07) is 17.0. The monoisotopic (exact) mass is 450 g/mol. The van der Waals surface area contributed by atoms with Crippen LogP contribution in [0.3, 0.4) is 0 Å². The van der Waals surface area contributed by atoms with Gasteiger partial charge in [0, 0.05) is 32.1 Å². The van der Waals surface area contributed by atoms with E-state index in [9.17, 15) is 9.90 Å². The van der Waals surface area contributed by atoms with Crippen molar-refractivity contribution in [3.63, 3.8) is 0 Å². The highest BCUT2D eigenvalue weighted by Gasteiger charge is 2.48. The molecule has 4 N–H and O–H groups in total. The standard InChI is InChI=1S/C26H34N4O3/c27-25(28-18-20-10-12-21(19-31)13-11-20)30-16-14-29(15-17-30)24(32)26(33,23-8-4-5-9-23)22-6-2-1-3-7-22/h1-3,6-7,10-13,23,31,33H,4-5,8-9,14-19H2,(H2,27,28). The third kappa shape index (κ3) is 5.04. The number of amides is 1. The van der Waals surface area contributed by atoms with Gasteiger partial charge in [0.1, 0.15) is 0 Å². The Balaban J connectivity index is 1.40. The van der Waals surface area contributed by atoms with Crippen LogP contribution in [-0.2, 0) is 23.5 Å². The van der Waals surface area contributed by atoms with Gasteiger partial charge >= 0.3 is 0 Å². The normalized spacial score (nSPS) is 19.5. The van der Waals surface area contributed by atoms with Gasteiger partial charge in [0.2, 0.25) is 0 Å². The van der Waals surface area contributed by atoms with Gasteiger partial charge in [-0.15, -0.1) is 0 Å². The van der Waals surface area contributed by atoms with Crippen LogP contribution in [0, 0.1) is 5.92 Å². The average molecular weight is 451 g/mol. The van der Waals surface area contributed by atoms with E-state index in [1.165, 1.54) is 0 Å². The number of aliphatic imine (C=N–C) groups is 1. The van der Waals surface area contributed by atoms with Gasteiger partial charge < -0.3 is 25.7 Å². The van der Waals surface area contributed by atoms with Crippen molar-refractivity contribution in [1.29, 1.82) is 0 Å². The molecule has 176 valence electrons. The summed E-state index contributed by atoms with van der Waals surface area (Å²) in [7, 11) is 0. The molecule has 2 aromatic carbocycles. The van der Waals surface area contributed by atoms with Crippen molar-refractivity contribution >= 4 is 11.9 Å².